The number of anilines is 3. The van der Waals surface area contributed by atoms with Crippen molar-refractivity contribution < 1.29 is 4.79 Å². The Bertz CT molecular complexity index is 737. The van der Waals surface area contributed by atoms with Gasteiger partial charge in [0.15, 0.2) is 11.6 Å². The van der Waals surface area contributed by atoms with Crippen LogP contribution in [0.5, 0.6) is 0 Å². The smallest absolute Gasteiger partial charge is 0.225 e. The molecule has 7 nitrogen and oxygen atoms in total. The van der Waals surface area contributed by atoms with Crippen molar-refractivity contribution in [1.82, 2.24) is 20.1 Å². The van der Waals surface area contributed by atoms with Crippen molar-refractivity contribution in [3.8, 4) is 0 Å². The Morgan fingerprint density at radius 3 is 2.41 bits per heavy atom. The van der Waals surface area contributed by atoms with Gasteiger partial charge in [0.25, 0.3) is 0 Å². The molecule has 2 aliphatic rings. The van der Waals surface area contributed by atoms with Crippen molar-refractivity contribution in [2.75, 3.05) is 36.4 Å². The number of nitrogens with zero attached hydrogens (tertiary/aromatic N) is 5. The van der Waals surface area contributed by atoms with Crippen molar-refractivity contribution in [2.24, 2.45) is 5.92 Å². The summed E-state index contributed by atoms with van der Waals surface area (Å²) in [5.41, 5.74) is 0. The number of pyridine rings is 1. The van der Waals surface area contributed by atoms with Crippen LogP contribution in [0.15, 0.2) is 36.5 Å². The quantitative estimate of drug-likeness (QED) is 0.897. The lowest BCUT2D eigenvalue weighted by Crippen LogP contribution is -2.50. The minimum absolute atomic E-state index is 0.252. The van der Waals surface area contributed by atoms with E-state index < -0.39 is 0 Å². The van der Waals surface area contributed by atoms with Gasteiger partial charge in [-0.3, -0.25) is 4.79 Å². The molecule has 2 fully saturated rings. The SMILES string of the molecule is O=C(C1CCCCC1)N1CCN(c2ccc(Nc3ccccn3)nn2)CC1. The van der Waals surface area contributed by atoms with Gasteiger partial charge in [-0.15, -0.1) is 10.2 Å². The first-order chi connectivity index (χ1) is 13.3. The Kier molecular flexibility index (Phi) is 5.46. The number of nitrogens with one attached hydrogen (secondary N) is 1. The topological polar surface area (TPSA) is 74.2 Å². The molecule has 0 bridgehead atoms. The van der Waals surface area contributed by atoms with Gasteiger partial charge in [0, 0.05) is 38.3 Å². The molecule has 7 heteroatoms. The Morgan fingerprint density at radius 1 is 0.926 bits per heavy atom. The summed E-state index contributed by atoms with van der Waals surface area (Å²) in [6.07, 6.45) is 7.54. The maximum atomic E-state index is 12.7. The highest BCUT2D eigenvalue weighted by Gasteiger charge is 2.28. The van der Waals surface area contributed by atoms with E-state index in [1.807, 2.05) is 35.2 Å². The van der Waals surface area contributed by atoms with Gasteiger partial charge in [0.1, 0.15) is 5.82 Å². The molecule has 0 unspecified atom stereocenters. The molecule has 1 aliphatic heterocycles. The molecular weight excluding hydrogens is 340 g/mol. The first-order valence-corrected chi connectivity index (χ1v) is 9.85. The predicted octanol–water partition coefficient (Wildman–Crippen LogP) is 2.84. The molecule has 1 saturated heterocycles. The molecule has 0 aromatic carbocycles. The lowest BCUT2D eigenvalue weighted by molar-refractivity contribution is -0.136. The second kappa shape index (κ2) is 8.33. The van der Waals surface area contributed by atoms with Crippen molar-refractivity contribution >= 4 is 23.4 Å². The maximum absolute atomic E-state index is 12.7. The van der Waals surface area contributed by atoms with E-state index in [2.05, 4.69) is 25.4 Å². The van der Waals surface area contributed by atoms with Crippen LogP contribution in [0.2, 0.25) is 0 Å². The van der Waals surface area contributed by atoms with E-state index in [0.29, 0.717) is 11.7 Å². The average molecular weight is 366 g/mol. The molecule has 27 heavy (non-hydrogen) atoms. The van der Waals surface area contributed by atoms with Crippen molar-refractivity contribution in [1.29, 1.82) is 0 Å². The average Bonchev–Trinajstić information content (AvgIpc) is 2.75. The van der Waals surface area contributed by atoms with Gasteiger partial charge in [-0.05, 0) is 37.1 Å². The Balaban J connectivity index is 1.31. The highest BCUT2D eigenvalue weighted by atomic mass is 16.2. The van der Waals surface area contributed by atoms with Crippen LogP contribution in [0.3, 0.4) is 0 Å². The van der Waals surface area contributed by atoms with Crippen molar-refractivity contribution in [2.45, 2.75) is 32.1 Å². The second-order valence-corrected chi connectivity index (χ2v) is 7.26. The summed E-state index contributed by atoms with van der Waals surface area (Å²) in [5, 5.41) is 11.7. The lowest BCUT2D eigenvalue weighted by atomic mass is 9.88. The summed E-state index contributed by atoms with van der Waals surface area (Å²) in [4.78, 5) is 21.1. The Labute approximate surface area is 159 Å². The number of hydrogen-bond acceptors (Lipinski definition) is 6. The third-order valence-electron chi connectivity index (χ3n) is 5.44. The molecule has 1 N–H and O–H groups in total. The second-order valence-electron chi connectivity index (χ2n) is 7.26. The largest absolute Gasteiger partial charge is 0.352 e. The lowest BCUT2D eigenvalue weighted by Gasteiger charge is -2.37. The van der Waals surface area contributed by atoms with Crippen LogP contribution in [0.1, 0.15) is 32.1 Å². The zero-order valence-corrected chi connectivity index (χ0v) is 15.5. The van der Waals surface area contributed by atoms with Crippen LogP contribution < -0.4 is 10.2 Å². The highest BCUT2D eigenvalue weighted by molar-refractivity contribution is 5.79. The van der Waals surface area contributed by atoms with Gasteiger partial charge in [0.2, 0.25) is 5.91 Å². The highest BCUT2D eigenvalue weighted by Crippen LogP contribution is 2.26. The van der Waals surface area contributed by atoms with E-state index in [9.17, 15) is 4.79 Å². The summed E-state index contributed by atoms with van der Waals surface area (Å²) in [7, 11) is 0. The summed E-state index contributed by atoms with van der Waals surface area (Å²) >= 11 is 0. The number of amides is 1. The van der Waals surface area contributed by atoms with E-state index in [4.69, 9.17) is 0 Å². The number of rotatable bonds is 4. The molecule has 0 radical (unpaired) electrons. The van der Waals surface area contributed by atoms with Crippen LogP contribution in [-0.2, 0) is 4.79 Å². The molecule has 2 aromatic rings. The van der Waals surface area contributed by atoms with Gasteiger partial charge in [-0.25, -0.2) is 4.98 Å². The zero-order chi connectivity index (χ0) is 18.5. The van der Waals surface area contributed by atoms with E-state index in [-0.39, 0.29) is 5.92 Å². The normalized spacial score (nSPS) is 18.4. The Hall–Kier alpha value is -2.70. The summed E-state index contributed by atoms with van der Waals surface area (Å²) in [6, 6.07) is 9.56. The van der Waals surface area contributed by atoms with Crippen LogP contribution in [0.4, 0.5) is 17.5 Å². The molecule has 1 amide bonds. The number of carbonyl (C=O) groups is 1. The number of carbonyl (C=O) groups excluding carboxylic acids is 1. The molecule has 2 aromatic heterocycles. The van der Waals surface area contributed by atoms with Gasteiger partial charge >= 0.3 is 0 Å². The first-order valence-electron chi connectivity index (χ1n) is 9.85. The third-order valence-corrected chi connectivity index (χ3v) is 5.44. The van der Waals surface area contributed by atoms with Gasteiger partial charge in [-0.2, -0.15) is 0 Å². The first kappa shape index (κ1) is 17.7. The molecule has 4 rings (SSSR count). The number of piperazine rings is 1. The standard InChI is InChI=1S/C20H26N6O/c27-20(16-6-2-1-3-7-16)26-14-12-25(13-15-26)19-10-9-18(23-24-19)22-17-8-4-5-11-21-17/h4-5,8-11,16H,1-3,6-7,12-15H2,(H,21,22,23). The minimum atomic E-state index is 0.252. The van der Waals surface area contributed by atoms with Crippen LogP contribution in [0.25, 0.3) is 0 Å². The van der Waals surface area contributed by atoms with Gasteiger partial charge in [0.05, 0.1) is 0 Å². The summed E-state index contributed by atoms with van der Waals surface area (Å²) in [5.74, 6) is 2.88. The number of hydrogen-bond donors (Lipinski definition) is 1. The van der Waals surface area contributed by atoms with E-state index in [1.54, 1.807) is 6.20 Å². The maximum Gasteiger partial charge on any atom is 0.225 e. The van der Waals surface area contributed by atoms with Crippen molar-refractivity contribution in [3.05, 3.63) is 36.5 Å². The Morgan fingerprint density at radius 2 is 1.74 bits per heavy atom. The molecule has 1 aliphatic carbocycles. The van der Waals surface area contributed by atoms with Crippen molar-refractivity contribution in [3.63, 3.8) is 0 Å². The molecular formula is C20H26N6O. The zero-order valence-electron chi connectivity index (χ0n) is 15.5. The molecule has 0 spiro atoms. The number of aromatic nitrogens is 3. The van der Waals surface area contributed by atoms with Crippen LogP contribution >= 0.6 is 0 Å². The molecule has 142 valence electrons. The predicted molar refractivity (Wildman–Crippen MR) is 105 cm³/mol. The summed E-state index contributed by atoms with van der Waals surface area (Å²) in [6.45, 7) is 3.15. The van der Waals surface area contributed by atoms with Gasteiger partial charge < -0.3 is 15.1 Å². The summed E-state index contributed by atoms with van der Waals surface area (Å²) < 4.78 is 0. The molecule has 3 heterocycles. The van der Waals surface area contributed by atoms with E-state index >= 15 is 0 Å². The van der Waals surface area contributed by atoms with E-state index in [0.717, 1.165) is 50.7 Å². The van der Waals surface area contributed by atoms with Gasteiger partial charge in [-0.1, -0.05) is 25.3 Å². The monoisotopic (exact) mass is 366 g/mol. The fourth-order valence-corrected chi connectivity index (χ4v) is 3.89. The van der Waals surface area contributed by atoms with Crippen LogP contribution in [-0.4, -0.2) is 52.2 Å². The fraction of sp³-hybridized carbons (Fsp3) is 0.500. The minimum Gasteiger partial charge on any atom is -0.352 e. The molecule has 1 saturated carbocycles. The third kappa shape index (κ3) is 4.35. The molecule has 0 atom stereocenters. The van der Waals surface area contributed by atoms with E-state index in [1.165, 1.54) is 19.3 Å². The fourth-order valence-electron chi connectivity index (χ4n) is 3.89. The van der Waals surface area contributed by atoms with Crippen LogP contribution in [0, 0.1) is 5.92 Å².